The third-order valence-corrected chi connectivity index (χ3v) is 3.19. The van der Waals surface area contributed by atoms with Crippen LogP contribution in [-0.2, 0) is 0 Å². The van der Waals surface area contributed by atoms with Crippen LogP contribution in [0.2, 0.25) is 0 Å². The van der Waals surface area contributed by atoms with Gasteiger partial charge in [0.15, 0.2) is 5.69 Å². The number of anilines is 2. The monoisotopic (exact) mass is 335 g/mol. The first-order valence-electron chi connectivity index (χ1n) is 7.45. The molecular formula is C16H19F2N5O. The summed E-state index contributed by atoms with van der Waals surface area (Å²) in [6.45, 7) is 1.66. The molecule has 8 heteroatoms. The van der Waals surface area contributed by atoms with E-state index in [0.29, 0.717) is 5.82 Å². The minimum Gasteiger partial charge on any atom is -0.369 e. The first-order valence-corrected chi connectivity index (χ1v) is 7.45. The SMILES string of the molecule is CN(C)CCCNc1ccc(C(=O)Nc2c(F)cccc2F)nn1. The zero-order chi connectivity index (χ0) is 17.5. The highest BCUT2D eigenvalue weighted by molar-refractivity contribution is 6.02. The highest BCUT2D eigenvalue weighted by atomic mass is 19.1. The number of nitrogens with zero attached hydrogens (tertiary/aromatic N) is 3. The summed E-state index contributed by atoms with van der Waals surface area (Å²) in [6.07, 6.45) is 0.934. The molecule has 0 spiro atoms. The van der Waals surface area contributed by atoms with Crippen molar-refractivity contribution in [3.8, 4) is 0 Å². The van der Waals surface area contributed by atoms with Crippen LogP contribution in [0.5, 0.6) is 0 Å². The zero-order valence-corrected chi connectivity index (χ0v) is 13.5. The summed E-state index contributed by atoms with van der Waals surface area (Å²) in [6, 6.07) is 6.37. The first-order chi connectivity index (χ1) is 11.5. The van der Waals surface area contributed by atoms with Gasteiger partial charge in [-0.2, -0.15) is 0 Å². The van der Waals surface area contributed by atoms with E-state index in [1.807, 2.05) is 14.1 Å². The fraction of sp³-hybridized carbons (Fsp3) is 0.312. The van der Waals surface area contributed by atoms with Gasteiger partial charge < -0.3 is 15.5 Å². The minimum atomic E-state index is -0.851. The maximum atomic E-state index is 13.5. The molecule has 0 fully saturated rings. The molecule has 1 heterocycles. The van der Waals surface area contributed by atoms with E-state index in [0.717, 1.165) is 31.6 Å². The summed E-state index contributed by atoms with van der Waals surface area (Å²) in [4.78, 5) is 14.1. The molecule has 0 bridgehead atoms. The quantitative estimate of drug-likeness (QED) is 0.760. The largest absolute Gasteiger partial charge is 0.369 e. The normalized spacial score (nSPS) is 10.7. The van der Waals surface area contributed by atoms with Gasteiger partial charge in [-0.3, -0.25) is 4.79 Å². The summed E-state index contributed by atoms with van der Waals surface area (Å²) < 4.78 is 27.0. The number of para-hydroxylation sites is 1. The number of halogens is 2. The van der Waals surface area contributed by atoms with Crippen molar-refractivity contribution < 1.29 is 13.6 Å². The van der Waals surface area contributed by atoms with Crippen molar-refractivity contribution in [3.05, 3.63) is 47.7 Å². The van der Waals surface area contributed by atoms with E-state index < -0.39 is 23.2 Å². The van der Waals surface area contributed by atoms with Crippen LogP contribution in [0.15, 0.2) is 30.3 Å². The molecule has 1 amide bonds. The number of amides is 1. The summed E-state index contributed by atoms with van der Waals surface area (Å²) >= 11 is 0. The molecule has 0 saturated carbocycles. The Morgan fingerprint density at radius 3 is 2.42 bits per heavy atom. The van der Waals surface area contributed by atoms with Gasteiger partial charge in [0.25, 0.3) is 5.91 Å². The van der Waals surface area contributed by atoms with Gasteiger partial charge in [0, 0.05) is 6.54 Å². The molecule has 2 rings (SSSR count). The second-order valence-electron chi connectivity index (χ2n) is 5.44. The number of nitrogens with one attached hydrogen (secondary N) is 2. The molecule has 1 aromatic heterocycles. The second-order valence-corrected chi connectivity index (χ2v) is 5.44. The number of benzene rings is 1. The minimum absolute atomic E-state index is 0.0310. The molecular weight excluding hydrogens is 316 g/mol. The van der Waals surface area contributed by atoms with Gasteiger partial charge in [0.05, 0.1) is 0 Å². The zero-order valence-electron chi connectivity index (χ0n) is 13.5. The van der Waals surface area contributed by atoms with Gasteiger partial charge in [0.1, 0.15) is 23.1 Å². The van der Waals surface area contributed by atoms with Gasteiger partial charge in [0.2, 0.25) is 0 Å². The average Bonchev–Trinajstić information content (AvgIpc) is 2.55. The number of hydrogen-bond acceptors (Lipinski definition) is 5. The van der Waals surface area contributed by atoms with E-state index in [2.05, 4.69) is 25.7 Å². The Bertz CT molecular complexity index is 671. The lowest BCUT2D eigenvalue weighted by Crippen LogP contribution is -2.18. The third kappa shape index (κ3) is 4.95. The number of hydrogen-bond donors (Lipinski definition) is 2. The standard InChI is InChI=1S/C16H19F2N5O/c1-23(2)10-4-9-19-14-8-7-13(21-22-14)16(24)20-15-11(17)5-3-6-12(15)18/h3,5-8H,4,9-10H2,1-2H3,(H,19,22)(H,20,24). The average molecular weight is 335 g/mol. The molecule has 128 valence electrons. The number of carbonyl (C=O) groups is 1. The Labute approximate surface area is 138 Å². The summed E-state index contributed by atoms with van der Waals surface area (Å²) in [7, 11) is 3.98. The van der Waals surface area contributed by atoms with E-state index >= 15 is 0 Å². The predicted octanol–water partition coefficient (Wildman–Crippen LogP) is 2.37. The van der Waals surface area contributed by atoms with Gasteiger partial charge in [-0.1, -0.05) is 6.07 Å². The molecule has 0 aliphatic rings. The van der Waals surface area contributed by atoms with Crippen molar-refractivity contribution in [1.82, 2.24) is 15.1 Å². The van der Waals surface area contributed by atoms with Crippen LogP contribution in [0.3, 0.4) is 0 Å². The van der Waals surface area contributed by atoms with Gasteiger partial charge in [-0.05, 0) is 51.3 Å². The van der Waals surface area contributed by atoms with Crippen molar-refractivity contribution in [2.75, 3.05) is 37.8 Å². The molecule has 24 heavy (non-hydrogen) atoms. The van der Waals surface area contributed by atoms with Crippen molar-refractivity contribution >= 4 is 17.4 Å². The topological polar surface area (TPSA) is 70.2 Å². The fourth-order valence-electron chi connectivity index (χ4n) is 1.95. The highest BCUT2D eigenvalue weighted by Gasteiger charge is 2.14. The van der Waals surface area contributed by atoms with Gasteiger partial charge in [-0.15, -0.1) is 10.2 Å². The molecule has 2 N–H and O–H groups in total. The Kier molecular flexibility index (Phi) is 6.14. The van der Waals surface area contributed by atoms with Gasteiger partial charge in [-0.25, -0.2) is 8.78 Å². The molecule has 1 aromatic carbocycles. The van der Waals surface area contributed by atoms with Crippen LogP contribution in [0.25, 0.3) is 0 Å². The second kappa shape index (κ2) is 8.30. The predicted molar refractivity (Wildman–Crippen MR) is 88.0 cm³/mol. The molecule has 0 radical (unpaired) electrons. The lowest BCUT2D eigenvalue weighted by Gasteiger charge is -2.10. The van der Waals surface area contributed by atoms with Crippen LogP contribution in [0, 0.1) is 11.6 Å². The van der Waals surface area contributed by atoms with Crippen LogP contribution in [0.4, 0.5) is 20.3 Å². The molecule has 0 atom stereocenters. The Balaban J connectivity index is 1.94. The lowest BCUT2D eigenvalue weighted by atomic mass is 10.2. The van der Waals surface area contributed by atoms with Crippen LogP contribution in [0.1, 0.15) is 16.9 Å². The van der Waals surface area contributed by atoms with E-state index in [1.54, 1.807) is 6.07 Å². The molecule has 2 aromatic rings. The molecule has 0 aliphatic heterocycles. The molecule has 0 saturated heterocycles. The maximum Gasteiger partial charge on any atom is 0.276 e. The van der Waals surface area contributed by atoms with E-state index in [-0.39, 0.29) is 5.69 Å². The summed E-state index contributed by atoms with van der Waals surface area (Å²) in [5, 5.41) is 12.9. The van der Waals surface area contributed by atoms with Crippen LogP contribution < -0.4 is 10.6 Å². The maximum absolute atomic E-state index is 13.5. The van der Waals surface area contributed by atoms with Gasteiger partial charge >= 0.3 is 0 Å². The number of carbonyl (C=O) groups excluding carboxylic acids is 1. The molecule has 0 unspecified atom stereocenters. The molecule has 0 aliphatic carbocycles. The Morgan fingerprint density at radius 1 is 1.12 bits per heavy atom. The van der Waals surface area contributed by atoms with E-state index in [9.17, 15) is 13.6 Å². The number of rotatable bonds is 7. The fourth-order valence-corrected chi connectivity index (χ4v) is 1.95. The Hall–Kier alpha value is -2.61. The summed E-state index contributed by atoms with van der Waals surface area (Å²) in [5.74, 6) is -1.90. The van der Waals surface area contributed by atoms with Crippen molar-refractivity contribution in [1.29, 1.82) is 0 Å². The summed E-state index contributed by atoms with van der Waals surface area (Å²) in [5.41, 5.74) is -0.535. The first kappa shape index (κ1) is 17.7. The number of aromatic nitrogens is 2. The van der Waals surface area contributed by atoms with Crippen LogP contribution >= 0.6 is 0 Å². The highest BCUT2D eigenvalue weighted by Crippen LogP contribution is 2.18. The smallest absolute Gasteiger partial charge is 0.276 e. The van der Waals surface area contributed by atoms with Crippen molar-refractivity contribution in [2.24, 2.45) is 0 Å². The third-order valence-electron chi connectivity index (χ3n) is 3.19. The van der Waals surface area contributed by atoms with Crippen molar-refractivity contribution in [3.63, 3.8) is 0 Å². The molecule has 6 nitrogen and oxygen atoms in total. The van der Waals surface area contributed by atoms with Crippen molar-refractivity contribution in [2.45, 2.75) is 6.42 Å². The van der Waals surface area contributed by atoms with Crippen LogP contribution in [-0.4, -0.2) is 48.2 Å². The van der Waals surface area contributed by atoms with E-state index in [1.165, 1.54) is 12.1 Å². The van der Waals surface area contributed by atoms with E-state index in [4.69, 9.17) is 0 Å². The lowest BCUT2D eigenvalue weighted by molar-refractivity contribution is 0.102. The Morgan fingerprint density at radius 2 is 1.83 bits per heavy atom.